The van der Waals surface area contributed by atoms with Gasteiger partial charge in [0, 0.05) is 6.07 Å². The summed E-state index contributed by atoms with van der Waals surface area (Å²) in [5.41, 5.74) is 0.964. The summed E-state index contributed by atoms with van der Waals surface area (Å²) >= 11 is 11.7. The van der Waals surface area contributed by atoms with Crippen LogP contribution in [0, 0.1) is 0 Å². The molecule has 5 heteroatoms. The van der Waals surface area contributed by atoms with Crippen molar-refractivity contribution in [2.24, 2.45) is 0 Å². The summed E-state index contributed by atoms with van der Waals surface area (Å²) in [6, 6.07) is 10.3. The molecule has 0 fully saturated rings. The number of halogens is 2. The van der Waals surface area contributed by atoms with Crippen LogP contribution < -0.4 is 9.47 Å². The van der Waals surface area contributed by atoms with Crippen LogP contribution in [0.1, 0.15) is 5.56 Å². The Bertz CT molecular complexity index is 568. The van der Waals surface area contributed by atoms with E-state index in [0.29, 0.717) is 17.4 Å². The number of ether oxygens (including phenoxy) is 2. The molecule has 0 heterocycles. The second-order valence-electron chi connectivity index (χ2n) is 3.87. The average Bonchev–Trinajstić information content (AvgIpc) is 2.42. The van der Waals surface area contributed by atoms with Gasteiger partial charge < -0.3 is 14.6 Å². The van der Waals surface area contributed by atoms with Crippen LogP contribution in [0.5, 0.6) is 17.2 Å². The van der Waals surface area contributed by atoms with E-state index in [2.05, 4.69) is 0 Å². The molecule has 3 nitrogen and oxygen atoms in total. The smallest absolute Gasteiger partial charge is 0.142 e. The van der Waals surface area contributed by atoms with Crippen molar-refractivity contribution < 1.29 is 14.6 Å². The third-order valence-corrected chi connectivity index (χ3v) is 3.15. The molecular weight excluding hydrogens is 287 g/mol. The maximum absolute atomic E-state index is 9.50. The molecule has 19 heavy (non-hydrogen) atoms. The SMILES string of the molecule is COc1ccc(COc2cc(O)c(Cl)cc2Cl)cc1. The molecule has 0 aliphatic heterocycles. The fraction of sp³-hybridized carbons (Fsp3) is 0.143. The van der Waals surface area contributed by atoms with E-state index in [9.17, 15) is 5.11 Å². The molecule has 0 aromatic heterocycles. The molecule has 0 bridgehead atoms. The van der Waals surface area contributed by atoms with Gasteiger partial charge in [0.05, 0.1) is 17.2 Å². The first-order valence-corrected chi connectivity index (χ1v) is 6.29. The molecular formula is C14H12Cl2O3. The summed E-state index contributed by atoms with van der Waals surface area (Å²) in [6.07, 6.45) is 0. The Labute approximate surface area is 121 Å². The van der Waals surface area contributed by atoms with Crippen LogP contribution in [0.2, 0.25) is 10.0 Å². The maximum Gasteiger partial charge on any atom is 0.142 e. The Morgan fingerprint density at radius 2 is 1.74 bits per heavy atom. The van der Waals surface area contributed by atoms with Crippen molar-refractivity contribution in [3.63, 3.8) is 0 Å². The molecule has 100 valence electrons. The molecule has 0 saturated heterocycles. The lowest BCUT2D eigenvalue weighted by molar-refractivity contribution is 0.304. The lowest BCUT2D eigenvalue weighted by atomic mass is 10.2. The summed E-state index contributed by atoms with van der Waals surface area (Å²) in [7, 11) is 1.61. The highest BCUT2D eigenvalue weighted by molar-refractivity contribution is 6.36. The number of methoxy groups -OCH3 is 1. The third kappa shape index (κ3) is 3.46. The number of phenolic OH excluding ortho intramolecular Hbond substituents is 1. The normalized spacial score (nSPS) is 10.3. The van der Waals surface area contributed by atoms with Gasteiger partial charge in [-0.2, -0.15) is 0 Å². The summed E-state index contributed by atoms with van der Waals surface area (Å²) in [4.78, 5) is 0. The first kappa shape index (κ1) is 13.8. The molecule has 0 spiro atoms. The van der Waals surface area contributed by atoms with Gasteiger partial charge in [0.2, 0.25) is 0 Å². The zero-order valence-corrected chi connectivity index (χ0v) is 11.7. The monoisotopic (exact) mass is 298 g/mol. The van der Waals surface area contributed by atoms with Crippen molar-refractivity contribution in [2.75, 3.05) is 7.11 Å². The zero-order chi connectivity index (χ0) is 13.8. The number of rotatable bonds is 4. The van der Waals surface area contributed by atoms with E-state index in [0.717, 1.165) is 11.3 Å². The van der Waals surface area contributed by atoms with Crippen LogP contribution in [0.15, 0.2) is 36.4 Å². The lowest BCUT2D eigenvalue weighted by Crippen LogP contribution is -1.96. The Balaban J connectivity index is 2.07. The first-order chi connectivity index (χ1) is 9.10. The van der Waals surface area contributed by atoms with Gasteiger partial charge in [0.15, 0.2) is 0 Å². The van der Waals surface area contributed by atoms with E-state index in [1.165, 1.54) is 12.1 Å². The number of hydrogen-bond donors (Lipinski definition) is 1. The molecule has 0 unspecified atom stereocenters. The Morgan fingerprint density at radius 1 is 1.05 bits per heavy atom. The standard InChI is InChI=1S/C14H12Cl2O3/c1-18-10-4-2-9(3-5-10)8-19-14-7-13(17)11(15)6-12(14)16/h2-7,17H,8H2,1H3. The summed E-state index contributed by atoms with van der Waals surface area (Å²) < 4.78 is 10.6. The highest BCUT2D eigenvalue weighted by atomic mass is 35.5. The van der Waals surface area contributed by atoms with Gasteiger partial charge in [-0.3, -0.25) is 0 Å². The Hall–Kier alpha value is -1.58. The third-order valence-electron chi connectivity index (χ3n) is 2.55. The molecule has 2 aromatic rings. The van der Waals surface area contributed by atoms with E-state index >= 15 is 0 Å². The van der Waals surface area contributed by atoms with E-state index in [-0.39, 0.29) is 10.8 Å². The van der Waals surface area contributed by atoms with Gasteiger partial charge in [0.25, 0.3) is 0 Å². The molecule has 0 atom stereocenters. The fourth-order valence-corrected chi connectivity index (χ4v) is 1.95. The van der Waals surface area contributed by atoms with Crippen LogP contribution in [-0.2, 0) is 6.61 Å². The van der Waals surface area contributed by atoms with Crippen molar-refractivity contribution in [1.82, 2.24) is 0 Å². The second-order valence-corrected chi connectivity index (χ2v) is 4.69. The highest BCUT2D eigenvalue weighted by Gasteiger charge is 2.07. The summed E-state index contributed by atoms with van der Waals surface area (Å²) in [5, 5.41) is 10.1. The quantitative estimate of drug-likeness (QED) is 0.915. The van der Waals surface area contributed by atoms with Gasteiger partial charge in [-0.05, 0) is 23.8 Å². The predicted molar refractivity (Wildman–Crippen MR) is 75.5 cm³/mol. The fourth-order valence-electron chi connectivity index (χ4n) is 1.51. The minimum Gasteiger partial charge on any atom is -0.506 e. The van der Waals surface area contributed by atoms with E-state index < -0.39 is 0 Å². The lowest BCUT2D eigenvalue weighted by Gasteiger charge is -2.09. The summed E-state index contributed by atoms with van der Waals surface area (Å²) in [5.74, 6) is 1.11. The van der Waals surface area contributed by atoms with Crippen LogP contribution in [0.25, 0.3) is 0 Å². The predicted octanol–water partition coefficient (Wildman–Crippen LogP) is 4.29. The largest absolute Gasteiger partial charge is 0.506 e. The van der Waals surface area contributed by atoms with E-state index in [4.69, 9.17) is 32.7 Å². The molecule has 0 aliphatic carbocycles. The van der Waals surface area contributed by atoms with Gasteiger partial charge in [-0.1, -0.05) is 35.3 Å². The number of aromatic hydroxyl groups is 1. The molecule has 0 saturated carbocycles. The van der Waals surface area contributed by atoms with Gasteiger partial charge in [-0.25, -0.2) is 0 Å². The maximum atomic E-state index is 9.50. The van der Waals surface area contributed by atoms with Crippen LogP contribution in [0.3, 0.4) is 0 Å². The minimum atomic E-state index is -0.0594. The van der Waals surface area contributed by atoms with Crippen molar-refractivity contribution in [3.8, 4) is 17.2 Å². The molecule has 1 N–H and O–H groups in total. The summed E-state index contributed by atoms with van der Waals surface area (Å²) in [6.45, 7) is 0.338. The topological polar surface area (TPSA) is 38.7 Å². The number of benzene rings is 2. The molecule has 2 rings (SSSR count). The first-order valence-electron chi connectivity index (χ1n) is 5.54. The number of phenols is 1. The van der Waals surface area contributed by atoms with Gasteiger partial charge in [0.1, 0.15) is 23.9 Å². The molecule has 0 radical (unpaired) electrons. The van der Waals surface area contributed by atoms with E-state index in [1.54, 1.807) is 7.11 Å². The van der Waals surface area contributed by atoms with Crippen molar-refractivity contribution in [1.29, 1.82) is 0 Å². The van der Waals surface area contributed by atoms with Crippen molar-refractivity contribution >= 4 is 23.2 Å². The van der Waals surface area contributed by atoms with Crippen LogP contribution in [0.4, 0.5) is 0 Å². The van der Waals surface area contributed by atoms with Crippen LogP contribution in [-0.4, -0.2) is 12.2 Å². The second kappa shape index (κ2) is 6.04. The van der Waals surface area contributed by atoms with Crippen molar-refractivity contribution in [2.45, 2.75) is 6.61 Å². The van der Waals surface area contributed by atoms with Crippen LogP contribution >= 0.6 is 23.2 Å². The minimum absolute atomic E-state index is 0.0594. The average molecular weight is 299 g/mol. The van der Waals surface area contributed by atoms with Gasteiger partial charge in [-0.15, -0.1) is 0 Å². The highest BCUT2D eigenvalue weighted by Crippen LogP contribution is 2.35. The van der Waals surface area contributed by atoms with E-state index in [1.807, 2.05) is 24.3 Å². The zero-order valence-electron chi connectivity index (χ0n) is 10.2. The van der Waals surface area contributed by atoms with Crippen molar-refractivity contribution in [3.05, 3.63) is 52.0 Å². The number of hydrogen-bond acceptors (Lipinski definition) is 3. The molecule has 0 amide bonds. The molecule has 0 aliphatic rings. The molecule has 2 aromatic carbocycles. The Kier molecular flexibility index (Phi) is 4.40. The Morgan fingerprint density at radius 3 is 2.37 bits per heavy atom. The van der Waals surface area contributed by atoms with Gasteiger partial charge >= 0.3 is 0 Å².